The molecule has 0 saturated carbocycles. The summed E-state index contributed by atoms with van der Waals surface area (Å²) in [6, 6.07) is 8.34. The van der Waals surface area contributed by atoms with Gasteiger partial charge in [0, 0.05) is 23.4 Å². The van der Waals surface area contributed by atoms with Crippen LogP contribution in [0, 0.1) is 6.92 Å². The number of aromatic nitrogens is 1. The molecule has 0 spiro atoms. The van der Waals surface area contributed by atoms with Crippen molar-refractivity contribution in [3.63, 3.8) is 0 Å². The molecule has 1 heterocycles. The van der Waals surface area contributed by atoms with Crippen molar-refractivity contribution < 1.29 is 4.74 Å². The van der Waals surface area contributed by atoms with Gasteiger partial charge in [-0.05, 0) is 20.0 Å². The number of methoxy groups -OCH3 is 1. The van der Waals surface area contributed by atoms with E-state index in [4.69, 9.17) is 4.74 Å². The van der Waals surface area contributed by atoms with Crippen LogP contribution in [-0.2, 0) is 6.42 Å². The standard InChI is InChI=1S/C14H18N2OS/c1-10-16-11(9-18-10)8-13(15-2)12-6-4-5-7-14(12)17-3/h4-7,9,13,15H,8H2,1-3H3. The lowest BCUT2D eigenvalue weighted by molar-refractivity contribution is 0.401. The van der Waals surface area contributed by atoms with Crippen LogP contribution in [0.5, 0.6) is 5.75 Å². The number of hydrogen-bond donors (Lipinski definition) is 1. The van der Waals surface area contributed by atoms with Gasteiger partial charge in [0.2, 0.25) is 0 Å². The van der Waals surface area contributed by atoms with Crippen LogP contribution >= 0.6 is 11.3 Å². The Morgan fingerprint density at radius 1 is 1.39 bits per heavy atom. The molecule has 0 aliphatic carbocycles. The number of thiazole rings is 1. The van der Waals surface area contributed by atoms with Gasteiger partial charge in [-0.1, -0.05) is 18.2 Å². The highest BCUT2D eigenvalue weighted by Crippen LogP contribution is 2.27. The maximum atomic E-state index is 5.41. The number of likely N-dealkylation sites (N-methyl/N-ethyl adjacent to an activating group) is 1. The van der Waals surface area contributed by atoms with Crippen LogP contribution in [0.2, 0.25) is 0 Å². The highest BCUT2D eigenvalue weighted by atomic mass is 32.1. The summed E-state index contributed by atoms with van der Waals surface area (Å²) in [6.07, 6.45) is 0.876. The Labute approximate surface area is 112 Å². The fourth-order valence-electron chi connectivity index (χ4n) is 2.03. The molecular weight excluding hydrogens is 244 g/mol. The molecule has 0 aliphatic rings. The molecule has 4 heteroatoms. The van der Waals surface area contributed by atoms with Crippen molar-refractivity contribution in [1.29, 1.82) is 0 Å². The van der Waals surface area contributed by atoms with E-state index >= 15 is 0 Å². The normalized spacial score (nSPS) is 12.4. The van der Waals surface area contributed by atoms with Gasteiger partial charge in [0.25, 0.3) is 0 Å². The Balaban J connectivity index is 2.22. The summed E-state index contributed by atoms with van der Waals surface area (Å²) in [6.45, 7) is 2.03. The first-order valence-electron chi connectivity index (χ1n) is 5.95. The van der Waals surface area contributed by atoms with E-state index in [1.807, 2.05) is 32.2 Å². The lowest BCUT2D eigenvalue weighted by Crippen LogP contribution is -2.19. The largest absolute Gasteiger partial charge is 0.496 e. The van der Waals surface area contributed by atoms with Crippen LogP contribution in [0.15, 0.2) is 29.6 Å². The Hall–Kier alpha value is -1.39. The number of rotatable bonds is 5. The third-order valence-electron chi connectivity index (χ3n) is 2.94. The van der Waals surface area contributed by atoms with Gasteiger partial charge in [-0.2, -0.15) is 0 Å². The summed E-state index contributed by atoms with van der Waals surface area (Å²) in [7, 11) is 3.68. The summed E-state index contributed by atoms with van der Waals surface area (Å²) in [5, 5.41) is 6.57. The van der Waals surface area contributed by atoms with E-state index in [2.05, 4.69) is 21.7 Å². The molecule has 0 radical (unpaired) electrons. The van der Waals surface area contributed by atoms with Crippen molar-refractivity contribution >= 4 is 11.3 Å². The summed E-state index contributed by atoms with van der Waals surface area (Å²) in [4.78, 5) is 4.52. The summed E-state index contributed by atoms with van der Waals surface area (Å²) in [5.41, 5.74) is 2.30. The number of aryl methyl sites for hydroxylation is 1. The van der Waals surface area contributed by atoms with Crippen molar-refractivity contribution in [2.24, 2.45) is 0 Å². The number of nitrogens with zero attached hydrogens (tertiary/aromatic N) is 1. The summed E-state index contributed by atoms with van der Waals surface area (Å²) in [5.74, 6) is 0.920. The molecule has 18 heavy (non-hydrogen) atoms. The van der Waals surface area contributed by atoms with Gasteiger partial charge in [0.1, 0.15) is 5.75 Å². The first-order valence-corrected chi connectivity index (χ1v) is 6.83. The number of hydrogen-bond acceptors (Lipinski definition) is 4. The highest BCUT2D eigenvalue weighted by Gasteiger charge is 2.15. The Morgan fingerprint density at radius 3 is 2.78 bits per heavy atom. The second-order valence-electron chi connectivity index (χ2n) is 4.15. The molecule has 1 atom stereocenters. The van der Waals surface area contributed by atoms with Gasteiger partial charge in [-0.25, -0.2) is 4.98 Å². The molecule has 1 aromatic heterocycles. The number of nitrogens with one attached hydrogen (secondary N) is 1. The molecule has 1 N–H and O–H groups in total. The van der Waals surface area contributed by atoms with Crippen molar-refractivity contribution in [3.8, 4) is 5.75 Å². The third-order valence-corrected chi connectivity index (χ3v) is 3.76. The molecule has 2 aromatic rings. The maximum Gasteiger partial charge on any atom is 0.123 e. The molecule has 2 rings (SSSR count). The van der Waals surface area contributed by atoms with Crippen molar-refractivity contribution in [2.45, 2.75) is 19.4 Å². The van der Waals surface area contributed by atoms with Crippen LogP contribution in [0.3, 0.4) is 0 Å². The van der Waals surface area contributed by atoms with E-state index in [9.17, 15) is 0 Å². The molecule has 1 aromatic carbocycles. The Kier molecular flexibility index (Phi) is 4.33. The molecule has 1 unspecified atom stereocenters. The number of ether oxygens (including phenoxy) is 1. The minimum absolute atomic E-state index is 0.225. The predicted molar refractivity (Wildman–Crippen MR) is 75.3 cm³/mol. The predicted octanol–water partition coefficient (Wildman–Crippen LogP) is 2.96. The van der Waals surface area contributed by atoms with Crippen LogP contribution in [-0.4, -0.2) is 19.1 Å². The number of para-hydroxylation sites is 1. The molecule has 0 bridgehead atoms. The average molecular weight is 262 g/mol. The summed E-state index contributed by atoms with van der Waals surface area (Å²) < 4.78 is 5.41. The van der Waals surface area contributed by atoms with Gasteiger partial charge in [0.05, 0.1) is 17.8 Å². The first kappa shape index (κ1) is 13.1. The zero-order chi connectivity index (χ0) is 13.0. The zero-order valence-electron chi connectivity index (χ0n) is 10.9. The second kappa shape index (κ2) is 5.98. The minimum atomic E-state index is 0.225. The average Bonchev–Trinajstić information content (AvgIpc) is 2.81. The smallest absolute Gasteiger partial charge is 0.123 e. The molecule has 0 saturated heterocycles. The molecule has 0 amide bonds. The molecular formula is C14H18N2OS. The maximum absolute atomic E-state index is 5.41. The van der Waals surface area contributed by atoms with Gasteiger partial charge in [-0.15, -0.1) is 11.3 Å². The lowest BCUT2D eigenvalue weighted by Gasteiger charge is -2.18. The molecule has 3 nitrogen and oxygen atoms in total. The molecule has 96 valence electrons. The van der Waals surface area contributed by atoms with Crippen molar-refractivity contribution in [3.05, 3.63) is 45.9 Å². The Bertz CT molecular complexity index is 510. The van der Waals surface area contributed by atoms with E-state index in [-0.39, 0.29) is 6.04 Å². The minimum Gasteiger partial charge on any atom is -0.496 e. The van der Waals surface area contributed by atoms with E-state index < -0.39 is 0 Å². The van der Waals surface area contributed by atoms with E-state index in [1.54, 1.807) is 18.4 Å². The van der Waals surface area contributed by atoms with Crippen molar-refractivity contribution in [1.82, 2.24) is 10.3 Å². The zero-order valence-corrected chi connectivity index (χ0v) is 11.8. The Morgan fingerprint density at radius 2 is 2.17 bits per heavy atom. The van der Waals surface area contributed by atoms with E-state index in [0.29, 0.717) is 0 Å². The van der Waals surface area contributed by atoms with Crippen molar-refractivity contribution in [2.75, 3.05) is 14.2 Å². The fraction of sp³-hybridized carbons (Fsp3) is 0.357. The molecule has 0 aliphatic heterocycles. The topological polar surface area (TPSA) is 34.2 Å². The lowest BCUT2D eigenvalue weighted by atomic mass is 10.0. The van der Waals surface area contributed by atoms with Gasteiger partial charge in [-0.3, -0.25) is 0 Å². The van der Waals surface area contributed by atoms with Crippen LogP contribution in [0.4, 0.5) is 0 Å². The summed E-state index contributed by atoms with van der Waals surface area (Å²) >= 11 is 1.69. The van der Waals surface area contributed by atoms with Gasteiger partial charge in [0.15, 0.2) is 0 Å². The number of benzene rings is 1. The van der Waals surface area contributed by atoms with Crippen LogP contribution in [0.25, 0.3) is 0 Å². The SMILES string of the molecule is CNC(Cc1csc(C)n1)c1ccccc1OC. The van der Waals surface area contributed by atoms with Crippen LogP contribution in [0.1, 0.15) is 22.3 Å². The highest BCUT2D eigenvalue weighted by molar-refractivity contribution is 7.09. The van der Waals surface area contributed by atoms with E-state index in [1.165, 1.54) is 5.56 Å². The van der Waals surface area contributed by atoms with Gasteiger partial charge < -0.3 is 10.1 Å². The first-order chi connectivity index (χ1) is 8.74. The van der Waals surface area contributed by atoms with E-state index in [0.717, 1.165) is 22.9 Å². The fourth-order valence-corrected chi connectivity index (χ4v) is 2.66. The van der Waals surface area contributed by atoms with Gasteiger partial charge >= 0.3 is 0 Å². The quantitative estimate of drug-likeness (QED) is 0.899. The monoisotopic (exact) mass is 262 g/mol. The van der Waals surface area contributed by atoms with Crippen LogP contribution < -0.4 is 10.1 Å². The second-order valence-corrected chi connectivity index (χ2v) is 5.21. The molecule has 0 fully saturated rings. The third kappa shape index (κ3) is 2.89.